The number of esters is 1. The summed E-state index contributed by atoms with van der Waals surface area (Å²) in [7, 11) is 0. The first-order valence-corrected chi connectivity index (χ1v) is 10.8. The van der Waals surface area contributed by atoms with Crippen molar-refractivity contribution >= 4 is 27.9 Å². The van der Waals surface area contributed by atoms with Crippen LogP contribution in [0.3, 0.4) is 0 Å². The van der Waals surface area contributed by atoms with Crippen molar-refractivity contribution < 1.29 is 27.8 Å². The maximum atomic E-state index is 12.9. The molecule has 0 unspecified atom stereocenters. The van der Waals surface area contributed by atoms with E-state index in [2.05, 4.69) is 0 Å². The van der Waals surface area contributed by atoms with Crippen LogP contribution in [0.2, 0.25) is 0 Å². The molecule has 0 radical (unpaired) electrons. The van der Waals surface area contributed by atoms with Gasteiger partial charge in [0.15, 0.2) is 17.9 Å². The predicted molar refractivity (Wildman–Crippen MR) is 126 cm³/mol. The van der Waals surface area contributed by atoms with Gasteiger partial charge >= 0.3 is 17.2 Å². The quantitative estimate of drug-likeness (QED) is 0.299. The van der Waals surface area contributed by atoms with Gasteiger partial charge in [-0.1, -0.05) is 12.1 Å². The van der Waals surface area contributed by atoms with Crippen molar-refractivity contribution in [2.45, 2.75) is 33.3 Å². The predicted octanol–water partition coefficient (Wildman–Crippen LogP) is 4.69. The van der Waals surface area contributed by atoms with E-state index in [9.17, 15) is 14.4 Å². The number of fused-ring (bicyclic) bond motifs is 2. The minimum atomic E-state index is -0.644. The Morgan fingerprint density at radius 1 is 0.941 bits per heavy atom. The molecule has 0 atom stereocenters. The molecule has 8 heteroatoms. The summed E-state index contributed by atoms with van der Waals surface area (Å²) in [6.07, 6.45) is 0. The van der Waals surface area contributed by atoms with Crippen molar-refractivity contribution in [3.05, 3.63) is 69.4 Å². The third-order valence-electron chi connectivity index (χ3n) is 4.81. The molecule has 0 saturated carbocycles. The van der Waals surface area contributed by atoms with Crippen LogP contribution >= 0.6 is 0 Å². The van der Waals surface area contributed by atoms with Crippen molar-refractivity contribution in [3.8, 4) is 22.6 Å². The molecule has 0 spiro atoms. The molecule has 0 aliphatic heterocycles. The van der Waals surface area contributed by atoms with Crippen molar-refractivity contribution in [2.75, 3.05) is 13.2 Å². The minimum absolute atomic E-state index is 0.201. The average Bonchev–Trinajstić information content (AvgIpc) is 2.76. The number of benzene rings is 2. The van der Waals surface area contributed by atoms with Crippen LogP contribution in [0.1, 0.15) is 27.7 Å². The molecule has 0 bridgehead atoms. The van der Waals surface area contributed by atoms with Gasteiger partial charge in [0.2, 0.25) is 0 Å². The second-order valence-electron chi connectivity index (χ2n) is 8.57. The van der Waals surface area contributed by atoms with Crippen molar-refractivity contribution in [1.29, 1.82) is 0 Å². The molecule has 2 heterocycles. The molecule has 34 heavy (non-hydrogen) atoms. The van der Waals surface area contributed by atoms with Gasteiger partial charge in [-0.2, -0.15) is 0 Å². The first kappa shape index (κ1) is 23.1. The van der Waals surface area contributed by atoms with Crippen molar-refractivity contribution in [3.63, 3.8) is 0 Å². The van der Waals surface area contributed by atoms with E-state index in [-0.39, 0.29) is 17.8 Å². The Hall–Kier alpha value is -4.07. The summed E-state index contributed by atoms with van der Waals surface area (Å²) in [6, 6.07) is 13.0. The zero-order valence-electron chi connectivity index (χ0n) is 19.3. The Morgan fingerprint density at radius 2 is 1.74 bits per heavy atom. The zero-order valence-corrected chi connectivity index (χ0v) is 19.3. The number of carbonyl (C=O) groups excluding carboxylic acids is 1. The smallest absolute Gasteiger partial charge is 0.344 e. The number of ether oxygens (including phenoxy) is 3. The third kappa shape index (κ3) is 4.96. The van der Waals surface area contributed by atoms with Crippen LogP contribution in [0.25, 0.3) is 33.1 Å². The number of carbonyl (C=O) groups is 1. The van der Waals surface area contributed by atoms with Gasteiger partial charge in [-0.3, -0.25) is 0 Å². The van der Waals surface area contributed by atoms with E-state index in [0.29, 0.717) is 40.0 Å². The Morgan fingerprint density at radius 3 is 2.47 bits per heavy atom. The van der Waals surface area contributed by atoms with Gasteiger partial charge in [-0.15, -0.1) is 0 Å². The van der Waals surface area contributed by atoms with E-state index >= 15 is 0 Å². The van der Waals surface area contributed by atoms with E-state index in [1.54, 1.807) is 57.2 Å². The largest absolute Gasteiger partial charge is 0.490 e. The number of hydrogen-bond acceptors (Lipinski definition) is 8. The highest BCUT2D eigenvalue weighted by molar-refractivity contribution is 5.96. The monoisotopic (exact) mass is 464 g/mol. The fraction of sp³-hybridized carbons (Fsp3) is 0.269. The Balaban J connectivity index is 1.73. The van der Waals surface area contributed by atoms with Gasteiger partial charge < -0.3 is 23.0 Å². The topological polar surface area (TPSA) is 105 Å². The van der Waals surface area contributed by atoms with E-state index < -0.39 is 22.8 Å². The number of hydrogen-bond donors (Lipinski definition) is 0. The zero-order chi connectivity index (χ0) is 24.5. The molecule has 4 rings (SSSR count). The molecule has 176 valence electrons. The van der Waals surface area contributed by atoms with Gasteiger partial charge in [-0.05, 0) is 52.0 Å². The fourth-order valence-corrected chi connectivity index (χ4v) is 3.54. The SMILES string of the molecule is CCOc1cccc2cc(-c3cc(=O)oc4cc(OCC(=O)OC(C)(C)C)ccc34)c(=O)oc12. The lowest BCUT2D eigenvalue weighted by molar-refractivity contribution is -0.157. The second kappa shape index (κ2) is 9.05. The number of rotatable bonds is 6. The summed E-state index contributed by atoms with van der Waals surface area (Å²) in [5, 5.41) is 1.16. The number of para-hydroxylation sites is 1. The van der Waals surface area contributed by atoms with Crippen LogP contribution in [0.4, 0.5) is 0 Å². The van der Waals surface area contributed by atoms with E-state index in [0.717, 1.165) is 0 Å². The molecule has 2 aromatic carbocycles. The molecule has 0 saturated heterocycles. The summed E-state index contributed by atoms with van der Waals surface area (Å²) < 4.78 is 27.1. The molecule has 4 aromatic rings. The molecular weight excluding hydrogens is 440 g/mol. The first-order valence-electron chi connectivity index (χ1n) is 10.8. The molecule has 0 amide bonds. The summed E-state index contributed by atoms with van der Waals surface area (Å²) in [5.41, 5.74) is -0.777. The lowest BCUT2D eigenvalue weighted by atomic mass is 10.0. The van der Waals surface area contributed by atoms with Crippen LogP contribution in [-0.4, -0.2) is 24.8 Å². The molecule has 0 aliphatic rings. The molecular formula is C26H24O8. The van der Waals surface area contributed by atoms with Crippen LogP contribution in [0, 0.1) is 0 Å². The Kier molecular flexibility index (Phi) is 6.15. The normalized spacial score (nSPS) is 11.5. The highest BCUT2D eigenvalue weighted by Gasteiger charge is 2.18. The second-order valence-corrected chi connectivity index (χ2v) is 8.57. The van der Waals surface area contributed by atoms with Crippen LogP contribution < -0.4 is 20.7 Å². The molecule has 2 aromatic heterocycles. The summed E-state index contributed by atoms with van der Waals surface area (Å²) in [5.74, 6) is 0.251. The maximum absolute atomic E-state index is 12.9. The van der Waals surface area contributed by atoms with Gasteiger partial charge in [0.1, 0.15) is 16.9 Å². The fourth-order valence-electron chi connectivity index (χ4n) is 3.54. The molecule has 0 aliphatic carbocycles. The molecule has 8 nitrogen and oxygen atoms in total. The average molecular weight is 464 g/mol. The van der Waals surface area contributed by atoms with E-state index in [1.807, 2.05) is 6.92 Å². The lowest BCUT2D eigenvalue weighted by Crippen LogP contribution is -2.27. The maximum Gasteiger partial charge on any atom is 0.344 e. The van der Waals surface area contributed by atoms with Gasteiger partial charge in [0.05, 0.1) is 12.2 Å². The minimum Gasteiger partial charge on any atom is -0.490 e. The Bertz CT molecular complexity index is 1490. The highest BCUT2D eigenvalue weighted by Crippen LogP contribution is 2.32. The lowest BCUT2D eigenvalue weighted by Gasteiger charge is -2.19. The highest BCUT2D eigenvalue weighted by atomic mass is 16.6. The summed E-state index contributed by atoms with van der Waals surface area (Å²) in [4.78, 5) is 37.1. The van der Waals surface area contributed by atoms with Crippen molar-refractivity contribution in [2.24, 2.45) is 0 Å². The molecule has 0 N–H and O–H groups in total. The summed E-state index contributed by atoms with van der Waals surface area (Å²) in [6.45, 7) is 7.25. The van der Waals surface area contributed by atoms with Gasteiger partial charge in [0, 0.05) is 28.5 Å². The first-order chi connectivity index (χ1) is 16.1. The Labute approximate surface area is 194 Å². The van der Waals surface area contributed by atoms with E-state index in [1.165, 1.54) is 12.1 Å². The summed E-state index contributed by atoms with van der Waals surface area (Å²) >= 11 is 0. The van der Waals surface area contributed by atoms with Crippen LogP contribution in [0.15, 0.2) is 67.0 Å². The van der Waals surface area contributed by atoms with Crippen molar-refractivity contribution in [1.82, 2.24) is 0 Å². The third-order valence-corrected chi connectivity index (χ3v) is 4.81. The van der Waals surface area contributed by atoms with E-state index in [4.69, 9.17) is 23.0 Å². The molecule has 0 fully saturated rings. The standard InChI is InChI=1S/C26H24O8/c1-5-30-20-8-6-7-15-11-19(25(29)33-24(15)20)18-13-22(27)32-21-12-16(9-10-17(18)21)31-14-23(28)34-26(2,3)4/h6-13H,5,14H2,1-4H3. The van der Waals surface area contributed by atoms with Crippen LogP contribution in [-0.2, 0) is 9.53 Å². The van der Waals surface area contributed by atoms with Gasteiger partial charge in [-0.25, -0.2) is 14.4 Å². The van der Waals surface area contributed by atoms with Crippen LogP contribution in [0.5, 0.6) is 11.5 Å². The van der Waals surface area contributed by atoms with Gasteiger partial charge in [0.25, 0.3) is 0 Å².